The van der Waals surface area contributed by atoms with Gasteiger partial charge in [0, 0.05) is 13.1 Å². The summed E-state index contributed by atoms with van der Waals surface area (Å²) < 4.78 is 33.5. The topological polar surface area (TPSA) is 58.6 Å². The van der Waals surface area contributed by atoms with Crippen LogP contribution in [-0.4, -0.2) is 39.5 Å². The molecule has 0 radical (unpaired) electrons. The Bertz CT molecular complexity index is 843. The molecule has 2 saturated heterocycles. The minimum Gasteiger partial charge on any atom is -0.497 e. The molecule has 2 aliphatic rings. The Morgan fingerprint density at radius 2 is 1.73 bits per heavy atom. The van der Waals surface area contributed by atoms with Crippen LogP contribution in [0.4, 0.5) is 0 Å². The molecule has 0 spiro atoms. The summed E-state index contributed by atoms with van der Waals surface area (Å²) in [6.07, 6.45) is 0. The number of ether oxygens (including phenoxy) is 1. The molecule has 3 atom stereocenters. The third-order valence-electron chi connectivity index (χ3n) is 5.33. The van der Waals surface area contributed by atoms with E-state index < -0.39 is 10.0 Å². The number of hydrogen-bond acceptors (Lipinski definition) is 4. The van der Waals surface area contributed by atoms with E-state index in [4.69, 9.17) is 4.74 Å². The monoisotopic (exact) mass is 394 g/mol. The first-order valence-electron chi connectivity index (χ1n) is 8.53. The Morgan fingerprint density at radius 3 is 2.38 bits per heavy atom. The Morgan fingerprint density at radius 1 is 1.04 bits per heavy atom. The maximum Gasteiger partial charge on any atom is 0.243 e. The van der Waals surface area contributed by atoms with E-state index in [9.17, 15) is 8.42 Å². The second kappa shape index (κ2) is 7.56. The Hall–Kier alpha value is -1.60. The summed E-state index contributed by atoms with van der Waals surface area (Å²) in [6.45, 7) is 2.30. The van der Waals surface area contributed by atoms with Crippen LogP contribution in [0.5, 0.6) is 5.75 Å². The third-order valence-corrected chi connectivity index (χ3v) is 7.19. The Kier molecular flexibility index (Phi) is 5.58. The van der Waals surface area contributed by atoms with Gasteiger partial charge in [0.25, 0.3) is 0 Å². The van der Waals surface area contributed by atoms with E-state index in [-0.39, 0.29) is 18.4 Å². The van der Waals surface area contributed by atoms with Gasteiger partial charge >= 0.3 is 0 Å². The highest BCUT2D eigenvalue weighted by Crippen LogP contribution is 2.45. The van der Waals surface area contributed by atoms with E-state index in [1.807, 2.05) is 30.3 Å². The molecule has 2 fully saturated rings. The predicted molar refractivity (Wildman–Crippen MR) is 103 cm³/mol. The first-order chi connectivity index (χ1) is 12.1. The number of hydrogen-bond donors (Lipinski definition) is 1. The molecule has 2 heterocycles. The lowest BCUT2D eigenvalue weighted by Crippen LogP contribution is -2.34. The Labute approximate surface area is 160 Å². The highest BCUT2D eigenvalue weighted by atomic mass is 35.5. The fourth-order valence-corrected chi connectivity index (χ4v) is 5.79. The molecule has 5 nitrogen and oxygen atoms in total. The number of methoxy groups -OCH3 is 1. The maximum absolute atomic E-state index is 13.3. The van der Waals surface area contributed by atoms with E-state index in [0.29, 0.717) is 29.0 Å². The van der Waals surface area contributed by atoms with E-state index in [0.717, 1.165) is 18.7 Å². The van der Waals surface area contributed by atoms with Crippen molar-refractivity contribution in [2.24, 2.45) is 11.8 Å². The van der Waals surface area contributed by atoms with Gasteiger partial charge in [0.15, 0.2) is 0 Å². The maximum atomic E-state index is 13.3. The van der Waals surface area contributed by atoms with Crippen LogP contribution >= 0.6 is 12.4 Å². The lowest BCUT2D eigenvalue weighted by Gasteiger charge is -2.27. The number of benzene rings is 2. The molecular weight excluding hydrogens is 372 g/mol. The van der Waals surface area contributed by atoms with Gasteiger partial charge < -0.3 is 10.1 Å². The van der Waals surface area contributed by atoms with Crippen molar-refractivity contribution in [1.82, 2.24) is 9.62 Å². The second-order valence-corrected chi connectivity index (χ2v) is 8.58. The molecule has 1 N–H and O–H groups in total. The molecule has 0 unspecified atom stereocenters. The van der Waals surface area contributed by atoms with Crippen molar-refractivity contribution >= 4 is 22.4 Å². The van der Waals surface area contributed by atoms with Crippen LogP contribution < -0.4 is 10.1 Å². The fraction of sp³-hybridized carbons (Fsp3) is 0.368. The largest absolute Gasteiger partial charge is 0.497 e. The molecule has 2 aliphatic heterocycles. The molecule has 4 rings (SSSR count). The van der Waals surface area contributed by atoms with Crippen molar-refractivity contribution in [3.8, 4) is 5.75 Å². The minimum atomic E-state index is -3.55. The van der Waals surface area contributed by atoms with Gasteiger partial charge in [0.2, 0.25) is 10.0 Å². The van der Waals surface area contributed by atoms with Gasteiger partial charge in [-0.2, -0.15) is 4.31 Å². The highest BCUT2D eigenvalue weighted by molar-refractivity contribution is 7.89. The quantitative estimate of drug-likeness (QED) is 0.866. The number of sulfonamides is 1. The van der Waals surface area contributed by atoms with Gasteiger partial charge in [-0.1, -0.05) is 30.3 Å². The molecule has 0 aliphatic carbocycles. The van der Waals surface area contributed by atoms with Crippen LogP contribution in [0.2, 0.25) is 0 Å². The zero-order valence-corrected chi connectivity index (χ0v) is 16.2. The van der Waals surface area contributed by atoms with Gasteiger partial charge in [-0.25, -0.2) is 8.42 Å². The normalized spacial score (nSPS) is 25.5. The van der Waals surface area contributed by atoms with Gasteiger partial charge in [0.1, 0.15) is 5.75 Å². The van der Waals surface area contributed by atoms with E-state index in [1.165, 1.54) is 0 Å². The van der Waals surface area contributed by atoms with Crippen LogP contribution in [0.15, 0.2) is 59.5 Å². The summed E-state index contributed by atoms with van der Waals surface area (Å²) in [5.41, 5.74) is 1.07. The standard InChI is InChI=1S/C19H22N2O3S.ClH/c1-24-16-7-9-17(10-8-16)25(22,23)21-13-15-11-20-12-18(15)19(21)14-5-3-2-4-6-14;/h2-10,15,18-20H,11-13H2,1H3;1H/t15-,18-,19+;/m0./s1. The smallest absolute Gasteiger partial charge is 0.243 e. The van der Waals surface area contributed by atoms with E-state index in [2.05, 4.69) is 5.32 Å². The molecule has 140 valence electrons. The molecule has 26 heavy (non-hydrogen) atoms. The molecular formula is C19H23ClN2O3S. The number of nitrogens with one attached hydrogen (secondary N) is 1. The zero-order chi connectivity index (χ0) is 17.4. The summed E-state index contributed by atoms with van der Waals surface area (Å²) in [5.74, 6) is 1.33. The van der Waals surface area contributed by atoms with Crippen LogP contribution in [0.1, 0.15) is 11.6 Å². The molecule has 2 aromatic carbocycles. The molecule has 0 bridgehead atoms. The van der Waals surface area contributed by atoms with Crippen molar-refractivity contribution in [3.63, 3.8) is 0 Å². The first kappa shape index (κ1) is 19.2. The van der Waals surface area contributed by atoms with Crippen molar-refractivity contribution in [2.75, 3.05) is 26.7 Å². The number of fused-ring (bicyclic) bond motifs is 1. The molecule has 0 aromatic heterocycles. The second-order valence-electron chi connectivity index (χ2n) is 6.69. The van der Waals surface area contributed by atoms with Gasteiger partial charge in [0.05, 0.1) is 18.0 Å². The van der Waals surface area contributed by atoms with Crippen LogP contribution in [0.25, 0.3) is 0 Å². The number of halogens is 1. The first-order valence-corrected chi connectivity index (χ1v) is 9.97. The molecule has 0 amide bonds. The summed E-state index contributed by atoms with van der Waals surface area (Å²) in [4.78, 5) is 0.321. The fourth-order valence-electron chi connectivity index (χ4n) is 4.08. The van der Waals surface area contributed by atoms with Gasteiger partial charge in [-0.05, 0) is 48.2 Å². The van der Waals surface area contributed by atoms with Crippen molar-refractivity contribution in [1.29, 1.82) is 0 Å². The molecule has 7 heteroatoms. The van der Waals surface area contributed by atoms with E-state index in [1.54, 1.807) is 35.7 Å². The average molecular weight is 395 g/mol. The molecule has 0 saturated carbocycles. The predicted octanol–water partition coefficient (Wildman–Crippen LogP) is 2.70. The number of nitrogens with zero attached hydrogens (tertiary/aromatic N) is 1. The zero-order valence-electron chi connectivity index (χ0n) is 14.5. The SMILES string of the molecule is COc1ccc(S(=O)(=O)N2C[C@@H]3CNC[C@@H]3[C@H]2c2ccccc2)cc1.Cl. The van der Waals surface area contributed by atoms with E-state index >= 15 is 0 Å². The Balaban J connectivity index is 0.00000196. The van der Waals surface area contributed by atoms with Crippen LogP contribution in [-0.2, 0) is 10.0 Å². The summed E-state index contributed by atoms with van der Waals surface area (Å²) in [5, 5.41) is 3.41. The van der Waals surface area contributed by atoms with Crippen LogP contribution in [0, 0.1) is 11.8 Å². The summed E-state index contributed by atoms with van der Waals surface area (Å²) in [6, 6.07) is 16.5. The molecule has 2 aromatic rings. The van der Waals surface area contributed by atoms with Gasteiger partial charge in [-0.15, -0.1) is 12.4 Å². The van der Waals surface area contributed by atoms with Crippen molar-refractivity contribution in [2.45, 2.75) is 10.9 Å². The van der Waals surface area contributed by atoms with Gasteiger partial charge in [-0.3, -0.25) is 0 Å². The number of rotatable bonds is 4. The minimum absolute atomic E-state index is 0. The summed E-state index contributed by atoms with van der Waals surface area (Å²) >= 11 is 0. The van der Waals surface area contributed by atoms with Crippen molar-refractivity contribution in [3.05, 3.63) is 60.2 Å². The average Bonchev–Trinajstić information content (AvgIpc) is 3.24. The summed E-state index contributed by atoms with van der Waals surface area (Å²) in [7, 11) is -1.98. The lowest BCUT2D eigenvalue weighted by atomic mass is 9.90. The lowest BCUT2D eigenvalue weighted by molar-refractivity contribution is 0.345. The third kappa shape index (κ3) is 3.22. The van der Waals surface area contributed by atoms with Crippen LogP contribution in [0.3, 0.4) is 0 Å². The highest BCUT2D eigenvalue weighted by Gasteiger charge is 2.49. The van der Waals surface area contributed by atoms with Crippen molar-refractivity contribution < 1.29 is 13.2 Å².